The topological polar surface area (TPSA) is 46.5 Å². The Morgan fingerprint density at radius 3 is 2.91 bits per heavy atom. The molecule has 0 aromatic heterocycles. The number of unbranched alkanes of at least 4 members (excludes halogenated alkanes) is 1. The van der Waals surface area contributed by atoms with Crippen LogP contribution in [0, 0.1) is 0 Å². The summed E-state index contributed by atoms with van der Waals surface area (Å²) in [7, 11) is 0.480. The standard InChI is InChI=1S/C7H15BO3/c1-2-3-4-8-7(10)11-6-5-9/h8-9H,2-6H2,1H3. The molecule has 64 valence electrons. The second-order valence-corrected chi connectivity index (χ2v) is 2.40. The fourth-order valence-corrected chi connectivity index (χ4v) is 0.751. The molecule has 0 radical (unpaired) electrons. The quantitative estimate of drug-likeness (QED) is 0.458. The molecular weight excluding hydrogens is 143 g/mol. The van der Waals surface area contributed by atoms with Crippen molar-refractivity contribution in [2.45, 2.75) is 26.1 Å². The Kier molecular flexibility index (Phi) is 7.25. The molecule has 0 amide bonds. The summed E-state index contributed by atoms with van der Waals surface area (Å²) in [5.41, 5.74) is 0. The molecule has 0 fully saturated rings. The van der Waals surface area contributed by atoms with E-state index in [0.29, 0.717) is 7.28 Å². The van der Waals surface area contributed by atoms with Gasteiger partial charge >= 0.3 is 0 Å². The van der Waals surface area contributed by atoms with Gasteiger partial charge in [0.05, 0.1) is 6.61 Å². The minimum atomic E-state index is -0.201. The Balaban J connectivity index is 3.09. The van der Waals surface area contributed by atoms with Crippen LogP contribution in [-0.4, -0.2) is 31.5 Å². The summed E-state index contributed by atoms with van der Waals surface area (Å²) in [6, 6.07) is 0. The summed E-state index contributed by atoms with van der Waals surface area (Å²) in [6.45, 7) is 2.13. The summed E-state index contributed by atoms with van der Waals surface area (Å²) < 4.78 is 4.65. The van der Waals surface area contributed by atoms with E-state index in [1.807, 2.05) is 0 Å². The van der Waals surface area contributed by atoms with Crippen molar-refractivity contribution in [3.05, 3.63) is 0 Å². The van der Waals surface area contributed by atoms with Crippen molar-refractivity contribution in [2.24, 2.45) is 0 Å². The Morgan fingerprint density at radius 1 is 1.64 bits per heavy atom. The van der Waals surface area contributed by atoms with Crippen molar-refractivity contribution >= 4 is 13.1 Å². The Bertz CT molecular complexity index is 106. The van der Waals surface area contributed by atoms with Crippen LogP contribution in [0.15, 0.2) is 0 Å². The van der Waals surface area contributed by atoms with Gasteiger partial charge < -0.3 is 9.84 Å². The largest absolute Gasteiger partial charge is 0.471 e. The molecule has 0 saturated heterocycles. The number of hydrogen-bond donors (Lipinski definition) is 1. The van der Waals surface area contributed by atoms with Crippen molar-refractivity contribution in [3.8, 4) is 0 Å². The maximum atomic E-state index is 10.7. The van der Waals surface area contributed by atoms with E-state index in [1.54, 1.807) is 0 Å². The van der Waals surface area contributed by atoms with E-state index >= 15 is 0 Å². The van der Waals surface area contributed by atoms with Crippen LogP contribution in [0.4, 0.5) is 4.79 Å². The van der Waals surface area contributed by atoms with Gasteiger partial charge in [-0.15, -0.1) is 0 Å². The number of hydrogen-bond acceptors (Lipinski definition) is 3. The van der Waals surface area contributed by atoms with Gasteiger partial charge in [0.15, 0.2) is 0 Å². The maximum absolute atomic E-state index is 10.7. The molecule has 0 aliphatic rings. The van der Waals surface area contributed by atoms with Gasteiger partial charge in [-0.3, -0.25) is 4.79 Å². The van der Waals surface area contributed by atoms with Crippen LogP contribution < -0.4 is 0 Å². The molecule has 0 rings (SSSR count). The second-order valence-electron chi connectivity index (χ2n) is 2.40. The number of carbonyl (C=O) groups excluding carboxylic acids is 1. The van der Waals surface area contributed by atoms with Gasteiger partial charge in [0.25, 0.3) is 7.28 Å². The zero-order valence-corrected chi connectivity index (χ0v) is 7.01. The normalized spacial score (nSPS) is 9.27. The lowest BCUT2D eigenvalue weighted by Gasteiger charge is -1.99. The molecule has 3 nitrogen and oxygen atoms in total. The van der Waals surface area contributed by atoms with E-state index in [4.69, 9.17) is 5.11 Å². The predicted octanol–water partition coefficient (Wildman–Crippen LogP) is 0.770. The van der Waals surface area contributed by atoms with Gasteiger partial charge in [-0.1, -0.05) is 26.1 Å². The van der Waals surface area contributed by atoms with Crippen LogP contribution >= 0.6 is 0 Å². The zero-order chi connectivity index (χ0) is 8.53. The Hall–Kier alpha value is -0.505. The number of aliphatic hydroxyl groups is 1. The van der Waals surface area contributed by atoms with Crippen LogP contribution in [0.3, 0.4) is 0 Å². The highest BCUT2D eigenvalue weighted by molar-refractivity contribution is 6.71. The van der Waals surface area contributed by atoms with E-state index in [0.717, 1.165) is 19.2 Å². The van der Waals surface area contributed by atoms with Crippen molar-refractivity contribution in [1.82, 2.24) is 0 Å². The third kappa shape index (κ3) is 7.39. The SMILES string of the molecule is CCCCBC(=O)OCCO. The first-order valence-electron chi connectivity index (χ1n) is 4.07. The highest BCUT2D eigenvalue weighted by Gasteiger charge is 2.02. The summed E-state index contributed by atoms with van der Waals surface area (Å²) in [6.07, 6.45) is 3.06. The van der Waals surface area contributed by atoms with Crippen LogP contribution in [-0.2, 0) is 4.74 Å². The van der Waals surface area contributed by atoms with Crippen LogP contribution in [0.1, 0.15) is 19.8 Å². The molecule has 1 N–H and O–H groups in total. The van der Waals surface area contributed by atoms with E-state index < -0.39 is 0 Å². The van der Waals surface area contributed by atoms with E-state index in [-0.39, 0.29) is 19.1 Å². The van der Waals surface area contributed by atoms with Gasteiger partial charge in [0.1, 0.15) is 6.61 Å². The summed E-state index contributed by atoms with van der Waals surface area (Å²) in [5, 5.41) is 8.31. The van der Waals surface area contributed by atoms with E-state index in [9.17, 15) is 4.79 Å². The predicted molar refractivity (Wildman–Crippen MR) is 45.3 cm³/mol. The lowest BCUT2D eigenvalue weighted by molar-refractivity contribution is 0.139. The molecular formula is C7H15BO3. The molecule has 0 aromatic rings. The van der Waals surface area contributed by atoms with Crippen molar-refractivity contribution in [3.63, 3.8) is 0 Å². The monoisotopic (exact) mass is 158 g/mol. The molecule has 0 atom stereocenters. The number of carbonyl (C=O) groups is 1. The average Bonchev–Trinajstić information content (AvgIpc) is 2.01. The minimum Gasteiger partial charge on any atom is -0.471 e. The molecule has 11 heavy (non-hydrogen) atoms. The lowest BCUT2D eigenvalue weighted by Crippen LogP contribution is -2.13. The first-order valence-corrected chi connectivity index (χ1v) is 4.07. The van der Waals surface area contributed by atoms with Gasteiger partial charge in [0.2, 0.25) is 5.87 Å². The minimum absolute atomic E-state index is 0.0838. The third-order valence-electron chi connectivity index (χ3n) is 1.34. The van der Waals surface area contributed by atoms with Crippen molar-refractivity contribution in [1.29, 1.82) is 0 Å². The molecule has 0 unspecified atom stereocenters. The summed E-state index contributed by atoms with van der Waals surface area (Å²) in [4.78, 5) is 10.7. The Morgan fingerprint density at radius 2 is 2.36 bits per heavy atom. The molecule has 4 heteroatoms. The first kappa shape index (κ1) is 10.5. The first-order chi connectivity index (χ1) is 5.31. The molecule has 0 spiro atoms. The third-order valence-corrected chi connectivity index (χ3v) is 1.34. The Labute approximate surface area is 68.0 Å². The fourth-order valence-electron chi connectivity index (χ4n) is 0.751. The molecule has 0 aliphatic heterocycles. The molecule has 0 saturated carbocycles. The number of ether oxygens (including phenoxy) is 1. The van der Waals surface area contributed by atoms with E-state index in [1.165, 1.54) is 0 Å². The number of aliphatic hydroxyl groups excluding tert-OH is 1. The smallest absolute Gasteiger partial charge is 0.260 e. The summed E-state index contributed by atoms with van der Waals surface area (Å²) >= 11 is 0. The van der Waals surface area contributed by atoms with Gasteiger partial charge in [-0.2, -0.15) is 0 Å². The second kappa shape index (κ2) is 7.60. The molecule has 0 heterocycles. The average molecular weight is 158 g/mol. The highest BCUT2D eigenvalue weighted by atomic mass is 16.5. The zero-order valence-electron chi connectivity index (χ0n) is 7.01. The van der Waals surface area contributed by atoms with Crippen LogP contribution in [0.5, 0.6) is 0 Å². The maximum Gasteiger partial charge on any atom is 0.260 e. The number of rotatable bonds is 6. The molecule has 0 aliphatic carbocycles. The van der Waals surface area contributed by atoms with Crippen molar-refractivity contribution < 1.29 is 14.6 Å². The fraction of sp³-hybridized carbons (Fsp3) is 0.857. The molecule has 0 bridgehead atoms. The van der Waals surface area contributed by atoms with Crippen LogP contribution in [0.2, 0.25) is 6.32 Å². The summed E-state index contributed by atoms with van der Waals surface area (Å²) in [5.74, 6) is -0.201. The highest BCUT2D eigenvalue weighted by Crippen LogP contribution is 1.94. The molecule has 0 aromatic carbocycles. The van der Waals surface area contributed by atoms with Gasteiger partial charge in [0, 0.05) is 0 Å². The van der Waals surface area contributed by atoms with Gasteiger partial charge in [-0.25, -0.2) is 0 Å². The van der Waals surface area contributed by atoms with Crippen LogP contribution in [0.25, 0.3) is 0 Å². The van der Waals surface area contributed by atoms with Gasteiger partial charge in [-0.05, 0) is 0 Å². The lowest BCUT2D eigenvalue weighted by atomic mass is 9.73. The van der Waals surface area contributed by atoms with Crippen molar-refractivity contribution in [2.75, 3.05) is 13.2 Å². The van der Waals surface area contributed by atoms with E-state index in [2.05, 4.69) is 11.7 Å².